The lowest BCUT2D eigenvalue weighted by atomic mass is 10.1. The number of aromatic nitrogens is 2. The third-order valence-corrected chi connectivity index (χ3v) is 4.14. The molecule has 1 aromatic heterocycles. The molecule has 0 unspecified atom stereocenters. The average Bonchev–Trinajstić information content (AvgIpc) is 2.92. The van der Waals surface area contributed by atoms with E-state index < -0.39 is 0 Å². The van der Waals surface area contributed by atoms with Crippen molar-refractivity contribution in [2.45, 2.75) is 33.6 Å². The first-order chi connectivity index (χ1) is 10.7. The molecule has 112 valence electrons. The maximum Gasteiger partial charge on any atom is 0.113 e. The van der Waals surface area contributed by atoms with Gasteiger partial charge in [-0.1, -0.05) is 56.3 Å². The Labute approximate surface area is 132 Å². The largest absolute Gasteiger partial charge is 0.300 e. The van der Waals surface area contributed by atoms with E-state index in [1.807, 2.05) is 6.07 Å². The summed E-state index contributed by atoms with van der Waals surface area (Å²) in [4.78, 5) is 4.88. The topological polar surface area (TPSA) is 17.8 Å². The number of aryl methyl sites for hydroxylation is 2. The van der Waals surface area contributed by atoms with E-state index in [2.05, 4.69) is 73.9 Å². The van der Waals surface area contributed by atoms with Crippen molar-refractivity contribution in [3.8, 4) is 16.9 Å². The summed E-state index contributed by atoms with van der Waals surface area (Å²) in [5, 5.41) is 0. The van der Waals surface area contributed by atoms with E-state index in [1.54, 1.807) is 0 Å². The van der Waals surface area contributed by atoms with Crippen molar-refractivity contribution >= 4 is 0 Å². The fourth-order valence-electron chi connectivity index (χ4n) is 2.89. The summed E-state index contributed by atoms with van der Waals surface area (Å²) in [6.07, 6.45) is 1.99. The Kier molecular flexibility index (Phi) is 4.10. The highest BCUT2D eigenvalue weighted by atomic mass is 15.1. The summed E-state index contributed by atoms with van der Waals surface area (Å²) in [7, 11) is 0. The number of rotatable bonds is 4. The van der Waals surface area contributed by atoms with E-state index in [4.69, 9.17) is 4.98 Å². The van der Waals surface area contributed by atoms with E-state index >= 15 is 0 Å². The number of nitrogens with zero attached hydrogens (tertiary/aromatic N) is 2. The maximum absolute atomic E-state index is 4.88. The van der Waals surface area contributed by atoms with Crippen LogP contribution in [0.4, 0.5) is 0 Å². The molecular weight excluding hydrogens is 268 g/mol. The van der Waals surface area contributed by atoms with E-state index in [0.29, 0.717) is 0 Å². The Morgan fingerprint density at radius 3 is 2.14 bits per heavy atom. The third-order valence-electron chi connectivity index (χ3n) is 4.14. The van der Waals surface area contributed by atoms with Crippen LogP contribution in [0.3, 0.4) is 0 Å². The first-order valence-electron chi connectivity index (χ1n) is 7.97. The lowest BCUT2D eigenvalue weighted by Gasteiger charge is -2.10. The predicted octanol–water partition coefficient (Wildman–Crippen LogP) is 4.97. The minimum Gasteiger partial charge on any atom is -0.300 e. The summed E-state index contributed by atoms with van der Waals surface area (Å²) in [5.74, 6) is 1.11. The zero-order valence-electron chi connectivity index (χ0n) is 13.5. The van der Waals surface area contributed by atoms with Crippen molar-refractivity contribution in [1.82, 2.24) is 9.55 Å². The molecule has 3 rings (SSSR count). The molecule has 1 heterocycles. The molecule has 2 nitrogen and oxygen atoms in total. The molecule has 0 aliphatic heterocycles. The van der Waals surface area contributed by atoms with Gasteiger partial charge < -0.3 is 4.57 Å². The number of hydrogen-bond donors (Lipinski definition) is 0. The highest BCUT2D eigenvalue weighted by Crippen LogP contribution is 2.26. The molecule has 2 heteroatoms. The van der Waals surface area contributed by atoms with Crippen molar-refractivity contribution in [3.63, 3.8) is 0 Å². The molecule has 0 aliphatic rings. The SMILES string of the molecule is CCc1ccc(-n2c(CC)nc(-c3ccccc3)c2C)cc1. The fraction of sp³-hybridized carbons (Fsp3) is 0.250. The van der Waals surface area contributed by atoms with Crippen LogP contribution in [0.25, 0.3) is 16.9 Å². The predicted molar refractivity (Wildman–Crippen MR) is 92.5 cm³/mol. The Morgan fingerprint density at radius 1 is 0.864 bits per heavy atom. The highest BCUT2D eigenvalue weighted by molar-refractivity contribution is 5.63. The first-order valence-corrected chi connectivity index (χ1v) is 7.97. The van der Waals surface area contributed by atoms with Crippen molar-refractivity contribution in [1.29, 1.82) is 0 Å². The normalized spacial score (nSPS) is 10.9. The van der Waals surface area contributed by atoms with Crippen LogP contribution in [-0.4, -0.2) is 9.55 Å². The summed E-state index contributed by atoms with van der Waals surface area (Å²) < 4.78 is 2.28. The number of benzene rings is 2. The average molecular weight is 290 g/mol. The second-order valence-electron chi connectivity index (χ2n) is 5.54. The number of imidazole rings is 1. The lowest BCUT2D eigenvalue weighted by Crippen LogP contribution is -2.02. The molecule has 0 fully saturated rings. The molecule has 0 saturated carbocycles. The minimum absolute atomic E-state index is 0.920. The van der Waals surface area contributed by atoms with E-state index in [0.717, 1.165) is 24.4 Å². The van der Waals surface area contributed by atoms with Gasteiger partial charge in [-0.15, -0.1) is 0 Å². The molecular formula is C20H22N2. The molecule has 0 aliphatic carbocycles. The standard InChI is InChI=1S/C20H22N2/c1-4-16-11-13-18(14-12-16)22-15(3)20(21-19(22)5-2)17-9-7-6-8-10-17/h6-14H,4-5H2,1-3H3. The summed E-state index contributed by atoms with van der Waals surface area (Å²) in [6.45, 7) is 6.50. The zero-order chi connectivity index (χ0) is 15.5. The Hall–Kier alpha value is -2.35. The van der Waals surface area contributed by atoms with Gasteiger partial charge in [-0.3, -0.25) is 0 Å². The zero-order valence-corrected chi connectivity index (χ0v) is 13.5. The van der Waals surface area contributed by atoms with Gasteiger partial charge in [-0.25, -0.2) is 4.98 Å². The molecule has 3 aromatic rings. The van der Waals surface area contributed by atoms with Crippen molar-refractivity contribution in [3.05, 3.63) is 71.7 Å². The molecule has 0 N–H and O–H groups in total. The summed E-state index contributed by atoms with van der Waals surface area (Å²) >= 11 is 0. The minimum atomic E-state index is 0.920. The van der Waals surface area contributed by atoms with E-state index in [1.165, 1.54) is 22.5 Å². The van der Waals surface area contributed by atoms with Crippen molar-refractivity contribution in [2.75, 3.05) is 0 Å². The van der Waals surface area contributed by atoms with Gasteiger partial charge >= 0.3 is 0 Å². The van der Waals surface area contributed by atoms with Gasteiger partial charge in [-0.05, 0) is 31.0 Å². The molecule has 0 spiro atoms. The van der Waals surface area contributed by atoms with Gasteiger partial charge in [0.05, 0.1) is 5.69 Å². The Balaban J connectivity index is 2.12. The first kappa shape index (κ1) is 14.6. The van der Waals surface area contributed by atoms with Gasteiger partial charge in [0.1, 0.15) is 5.82 Å². The van der Waals surface area contributed by atoms with E-state index in [-0.39, 0.29) is 0 Å². The lowest BCUT2D eigenvalue weighted by molar-refractivity contribution is 0.871. The Morgan fingerprint density at radius 2 is 1.55 bits per heavy atom. The van der Waals surface area contributed by atoms with Crippen LogP contribution in [0.5, 0.6) is 0 Å². The van der Waals surface area contributed by atoms with Crippen LogP contribution in [0.2, 0.25) is 0 Å². The quantitative estimate of drug-likeness (QED) is 0.663. The van der Waals surface area contributed by atoms with Crippen LogP contribution in [0, 0.1) is 6.92 Å². The maximum atomic E-state index is 4.88. The fourth-order valence-corrected chi connectivity index (χ4v) is 2.89. The second-order valence-corrected chi connectivity index (χ2v) is 5.54. The van der Waals surface area contributed by atoms with Gasteiger partial charge in [0.15, 0.2) is 0 Å². The molecule has 2 aromatic carbocycles. The van der Waals surface area contributed by atoms with Crippen LogP contribution in [-0.2, 0) is 12.8 Å². The van der Waals surface area contributed by atoms with Gasteiger partial charge in [-0.2, -0.15) is 0 Å². The monoisotopic (exact) mass is 290 g/mol. The summed E-state index contributed by atoms with van der Waals surface area (Å²) in [6, 6.07) is 19.2. The molecule has 0 amide bonds. The van der Waals surface area contributed by atoms with Crippen LogP contribution >= 0.6 is 0 Å². The molecule has 22 heavy (non-hydrogen) atoms. The third kappa shape index (κ3) is 2.57. The van der Waals surface area contributed by atoms with Crippen molar-refractivity contribution in [2.24, 2.45) is 0 Å². The van der Waals surface area contributed by atoms with Crippen LogP contribution in [0.15, 0.2) is 54.6 Å². The molecule has 0 saturated heterocycles. The smallest absolute Gasteiger partial charge is 0.113 e. The number of hydrogen-bond acceptors (Lipinski definition) is 1. The van der Waals surface area contributed by atoms with Crippen LogP contribution in [0.1, 0.15) is 30.9 Å². The Bertz CT molecular complexity index is 752. The van der Waals surface area contributed by atoms with Crippen molar-refractivity contribution < 1.29 is 0 Å². The van der Waals surface area contributed by atoms with E-state index in [9.17, 15) is 0 Å². The van der Waals surface area contributed by atoms with Crippen LogP contribution < -0.4 is 0 Å². The highest BCUT2D eigenvalue weighted by Gasteiger charge is 2.15. The molecule has 0 bridgehead atoms. The molecule has 0 atom stereocenters. The summed E-state index contributed by atoms with van der Waals surface area (Å²) in [5.41, 5.74) is 6.02. The van der Waals surface area contributed by atoms with Gasteiger partial charge in [0.25, 0.3) is 0 Å². The van der Waals surface area contributed by atoms with Gasteiger partial charge in [0.2, 0.25) is 0 Å². The van der Waals surface area contributed by atoms with Gasteiger partial charge in [0, 0.05) is 23.4 Å². The molecule has 0 radical (unpaired) electrons. The second kappa shape index (κ2) is 6.18.